The van der Waals surface area contributed by atoms with Crippen LogP contribution in [0.4, 0.5) is 5.82 Å². The molecule has 6 heteroatoms. The van der Waals surface area contributed by atoms with Crippen LogP contribution in [0.5, 0.6) is 5.75 Å². The molecule has 6 nitrogen and oxygen atoms in total. The second kappa shape index (κ2) is 5.56. The number of carbonyl (C=O) groups is 1. The van der Waals surface area contributed by atoms with Crippen LogP contribution in [0.25, 0.3) is 11.4 Å². The van der Waals surface area contributed by atoms with Gasteiger partial charge in [-0.1, -0.05) is 12.1 Å². The maximum atomic E-state index is 11.6. The van der Waals surface area contributed by atoms with E-state index in [-0.39, 0.29) is 11.4 Å². The van der Waals surface area contributed by atoms with Gasteiger partial charge in [-0.15, -0.1) is 0 Å². The Morgan fingerprint density at radius 3 is 2.60 bits per heavy atom. The summed E-state index contributed by atoms with van der Waals surface area (Å²) in [4.78, 5) is 20.1. The number of aryl methyl sites for hydroxylation is 1. The van der Waals surface area contributed by atoms with Crippen molar-refractivity contribution in [1.82, 2.24) is 9.97 Å². The Hall–Kier alpha value is -2.63. The molecule has 0 unspecified atom stereocenters. The average molecular weight is 273 g/mol. The average Bonchev–Trinajstić information content (AvgIpc) is 2.46. The van der Waals surface area contributed by atoms with Gasteiger partial charge in [-0.2, -0.15) is 0 Å². The number of aromatic nitrogens is 2. The molecule has 0 amide bonds. The molecule has 0 saturated carbocycles. The van der Waals surface area contributed by atoms with Crippen LogP contribution in [0.3, 0.4) is 0 Å². The molecular weight excluding hydrogens is 258 g/mol. The molecule has 1 aromatic carbocycles. The van der Waals surface area contributed by atoms with E-state index in [9.17, 15) is 4.79 Å². The molecule has 2 aromatic rings. The Balaban J connectivity index is 2.51. The third-order valence-electron chi connectivity index (χ3n) is 2.84. The van der Waals surface area contributed by atoms with E-state index >= 15 is 0 Å². The number of hydrogen-bond acceptors (Lipinski definition) is 6. The molecule has 0 spiro atoms. The van der Waals surface area contributed by atoms with Crippen LogP contribution in [0.1, 0.15) is 16.1 Å². The van der Waals surface area contributed by atoms with E-state index in [1.165, 1.54) is 7.11 Å². The molecule has 20 heavy (non-hydrogen) atoms. The zero-order valence-corrected chi connectivity index (χ0v) is 11.5. The van der Waals surface area contributed by atoms with E-state index in [2.05, 4.69) is 14.7 Å². The lowest BCUT2D eigenvalue weighted by atomic mass is 10.1. The molecule has 0 saturated heterocycles. The van der Waals surface area contributed by atoms with Crippen molar-refractivity contribution >= 4 is 11.8 Å². The van der Waals surface area contributed by atoms with E-state index in [0.29, 0.717) is 17.3 Å². The van der Waals surface area contributed by atoms with E-state index in [4.69, 9.17) is 10.5 Å². The Morgan fingerprint density at radius 2 is 2.00 bits per heavy atom. The summed E-state index contributed by atoms with van der Waals surface area (Å²) < 4.78 is 9.82. The summed E-state index contributed by atoms with van der Waals surface area (Å²) in [7, 11) is 2.87. The smallest absolute Gasteiger partial charge is 0.343 e. The van der Waals surface area contributed by atoms with E-state index in [1.807, 2.05) is 18.2 Å². The minimum absolute atomic E-state index is 0.0992. The van der Waals surface area contributed by atoms with Crippen LogP contribution in [0, 0.1) is 6.92 Å². The van der Waals surface area contributed by atoms with Crippen molar-refractivity contribution in [3.8, 4) is 17.1 Å². The predicted octanol–water partition coefficient (Wildman–Crippen LogP) is 1.83. The summed E-state index contributed by atoms with van der Waals surface area (Å²) in [6, 6.07) is 7.29. The Labute approximate surface area is 116 Å². The van der Waals surface area contributed by atoms with Gasteiger partial charge in [0.25, 0.3) is 0 Å². The monoisotopic (exact) mass is 273 g/mol. The minimum atomic E-state index is -0.544. The maximum absolute atomic E-state index is 11.6. The first-order valence-corrected chi connectivity index (χ1v) is 5.93. The van der Waals surface area contributed by atoms with Gasteiger partial charge in [0.2, 0.25) is 0 Å². The number of nitrogens with two attached hydrogens (primary N) is 1. The molecule has 0 aliphatic carbocycles. The summed E-state index contributed by atoms with van der Waals surface area (Å²) in [5, 5.41) is 0. The molecule has 0 fully saturated rings. The summed E-state index contributed by atoms with van der Waals surface area (Å²) in [5.41, 5.74) is 7.25. The molecule has 2 rings (SSSR count). The number of nitrogen functional groups attached to an aromatic ring is 1. The van der Waals surface area contributed by atoms with Crippen molar-refractivity contribution in [2.45, 2.75) is 6.92 Å². The normalized spacial score (nSPS) is 10.2. The van der Waals surface area contributed by atoms with Crippen molar-refractivity contribution in [3.63, 3.8) is 0 Å². The van der Waals surface area contributed by atoms with E-state index < -0.39 is 5.97 Å². The van der Waals surface area contributed by atoms with Gasteiger partial charge < -0.3 is 15.2 Å². The number of ether oxygens (including phenoxy) is 2. The Kier molecular flexibility index (Phi) is 3.84. The largest absolute Gasteiger partial charge is 0.497 e. The zero-order chi connectivity index (χ0) is 14.7. The lowest BCUT2D eigenvalue weighted by Gasteiger charge is -2.09. The lowest BCUT2D eigenvalue weighted by molar-refractivity contribution is 0.0600. The molecule has 2 N–H and O–H groups in total. The summed E-state index contributed by atoms with van der Waals surface area (Å²) in [5.74, 6) is 0.685. The number of anilines is 1. The molecule has 0 radical (unpaired) electrons. The number of methoxy groups -OCH3 is 2. The van der Waals surface area contributed by atoms with Gasteiger partial charge in [0.15, 0.2) is 5.82 Å². The second-order valence-corrected chi connectivity index (χ2v) is 4.12. The number of hydrogen-bond donors (Lipinski definition) is 1. The van der Waals surface area contributed by atoms with Crippen LogP contribution in [-0.2, 0) is 4.74 Å². The van der Waals surface area contributed by atoms with Crippen LogP contribution in [-0.4, -0.2) is 30.2 Å². The highest BCUT2D eigenvalue weighted by molar-refractivity contribution is 5.95. The minimum Gasteiger partial charge on any atom is -0.497 e. The second-order valence-electron chi connectivity index (χ2n) is 4.12. The number of nitrogens with zero attached hydrogens (tertiary/aromatic N) is 2. The third kappa shape index (κ3) is 2.54. The fraction of sp³-hybridized carbons (Fsp3) is 0.214. The first kappa shape index (κ1) is 13.8. The van der Waals surface area contributed by atoms with Crippen LogP contribution in [0.15, 0.2) is 24.3 Å². The van der Waals surface area contributed by atoms with Gasteiger partial charge in [-0.3, -0.25) is 0 Å². The number of carbonyl (C=O) groups excluding carboxylic acids is 1. The van der Waals surface area contributed by atoms with Gasteiger partial charge in [0.05, 0.1) is 19.9 Å². The van der Waals surface area contributed by atoms with Crippen molar-refractivity contribution in [2.75, 3.05) is 20.0 Å². The fourth-order valence-corrected chi connectivity index (χ4v) is 1.84. The molecule has 0 bridgehead atoms. The van der Waals surface area contributed by atoms with Crippen molar-refractivity contribution in [2.24, 2.45) is 0 Å². The predicted molar refractivity (Wildman–Crippen MR) is 74.5 cm³/mol. The standard InChI is InChI=1S/C14H15N3O3/c1-8-11(14(18)20-3)12(15)17-13(16-8)9-5-4-6-10(7-9)19-2/h4-7H,1-3H3,(H2,15,16,17). The lowest BCUT2D eigenvalue weighted by Crippen LogP contribution is -2.12. The fourth-order valence-electron chi connectivity index (χ4n) is 1.84. The highest BCUT2D eigenvalue weighted by Crippen LogP contribution is 2.24. The van der Waals surface area contributed by atoms with Gasteiger partial charge in [0, 0.05) is 5.56 Å². The molecule has 0 aliphatic rings. The molecular formula is C14H15N3O3. The molecule has 0 atom stereocenters. The highest BCUT2D eigenvalue weighted by Gasteiger charge is 2.18. The van der Waals surface area contributed by atoms with Crippen LogP contribution in [0.2, 0.25) is 0 Å². The topological polar surface area (TPSA) is 87.3 Å². The SMILES string of the molecule is COC(=O)c1c(C)nc(-c2cccc(OC)c2)nc1N. The Morgan fingerprint density at radius 1 is 1.25 bits per heavy atom. The van der Waals surface area contributed by atoms with Crippen LogP contribution < -0.4 is 10.5 Å². The van der Waals surface area contributed by atoms with Crippen LogP contribution >= 0.6 is 0 Å². The van der Waals surface area contributed by atoms with E-state index in [1.54, 1.807) is 20.1 Å². The Bertz CT molecular complexity index is 633. The van der Waals surface area contributed by atoms with Gasteiger partial charge >= 0.3 is 5.97 Å². The first-order chi connectivity index (χ1) is 9.56. The first-order valence-electron chi connectivity index (χ1n) is 5.93. The highest BCUT2D eigenvalue weighted by atomic mass is 16.5. The van der Waals surface area contributed by atoms with E-state index in [0.717, 1.165) is 5.56 Å². The molecule has 1 heterocycles. The van der Waals surface area contributed by atoms with Gasteiger partial charge in [0.1, 0.15) is 17.1 Å². The zero-order valence-electron chi connectivity index (χ0n) is 11.5. The molecule has 0 aliphatic heterocycles. The third-order valence-corrected chi connectivity index (χ3v) is 2.84. The summed E-state index contributed by atoms with van der Waals surface area (Å²) in [6.07, 6.45) is 0. The number of benzene rings is 1. The number of rotatable bonds is 3. The van der Waals surface area contributed by atoms with Crippen molar-refractivity contribution in [1.29, 1.82) is 0 Å². The summed E-state index contributed by atoms with van der Waals surface area (Å²) >= 11 is 0. The van der Waals surface area contributed by atoms with Gasteiger partial charge in [-0.25, -0.2) is 14.8 Å². The quantitative estimate of drug-likeness (QED) is 0.858. The number of esters is 1. The van der Waals surface area contributed by atoms with Crippen molar-refractivity contribution in [3.05, 3.63) is 35.5 Å². The van der Waals surface area contributed by atoms with Crippen molar-refractivity contribution < 1.29 is 14.3 Å². The maximum Gasteiger partial charge on any atom is 0.343 e. The molecule has 104 valence electrons. The summed E-state index contributed by atoms with van der Waals surface area (Å²) in [6.45, 7) is 1.69. The van der Waals surface area contributed by atoms with Gasteiger partial charge in [-0.05, 0) is 19.1 Å². The molecule has 1 aromatic heterocycles.